The highest BCUT2D eigenvalue weighted by Crippen LogP contribution is 2.29. The number of amides is 2. The molecule has 4 rings (SSSR count). The molecule has 4 aromatic rings. The molecule has 0 spiro atoms. The summed E-state index contributed by atoms with van der Waals surface area (Å²) in [7, 11) is 0. The summed E-state index contributed by atoms with van der Waals surface area (Å²) in [6.45, 7) is 0. The molecule has 0 atom stereocenters. The maximum absolute atomic E-state index is 12.9. The third-order valence-corrected chi connectivity index (χ3v) is 4.41. The zero-order valence-corrected chi connectivity index (χ0v) is 15.7. The second-order valence-electron chi connectivity index (χ2n) is 6.46. The first-order chi connectivity index (χ1) is 14.8. The molecule has 0 saturated heterocycles. The Morgan fingerprint density at radius 2 is 1.65 bits per heavy atom. The van der Waals surface area contributed by atoms with Crippen LogP contribution in [0.3, 0.4) is 0 Å². The van der Waals surface area contributed by atoms with E-state index in [9.17, 15) is 22.8 Å². The van der Waals surface area contributed by atoms with Crippen LogP contribution in [0.1, 0.15) is 26.3 Å². The number of halogens is 3. The van der Waals surface area contributed by atoms with Crippen molar-refractivity contribution in [3.05, 3.63) is 89.7 Å². The Morgan fingerprint density at radius 3 is 2.39 bits per heavy atom. The molecule has 2 aromatic carbocycles. The van der Waals surface area contributed by atoms with Gasteiger partial charge in [-0.15, -0.1) is 0 Å². The molecule has 2 N–H and O–H groups in total. The lowest BCUT2D eigenvalue weighted by molar-refractivity contribution is -0.137. The van der Waals surface area contributed by atoms with Crippen molar-refractivity contribution in [2.24, 2.45) is 0 Å². The van der Waals surface area contributed by atoms with Gasteiger partial charge in [0.1, 0.15) is 11.3 Å². The number of aromatic nitrogens is 3. The van der Waals surface area contributed by atoms with Gasteiger partial charge < -0.3 is 0 Å². The highest BCUT2D eigenvalue weighted by atomic mass is 19.4. The number of fused-ring (bicyclic) bond motifs is 1. The summed E-state index contributed by atoms with van der Waals surface area (Å²) >= 11 is 0. The van der Waals surface area contributed by atoms with Crippen molar-refractivity contribution in [2.75, 3.05) is 0 Å². The van der Waals surface area contributed by atoms with Crippen molar-refractivity contribution in [3.63, 3.8) is 0 Å². The van der Waals surface area contributed by atoms with E-state index < -0.39 is 23.6 Å². The second kappa shape index (κ2) is 7.90. The molecular formula is C21H14F3N5O2. The SMILES string of the molecule is O=C(NNC(=O)c1c(-c2ccccc2)nn2cccnc12)c1cccc(C(F)(F)F)c1. The Labute approximate surface area is 173 Å². The fraction of sp³-hybridized carbons (Fsp3) is 0.0476. The van der Waals surface area contributed by atoms with Crippen LogP contribution < -0.4 is 10.9 Å². The molecular weight excluding hydrogens is 411 g/mol. The van der Waals surface area contributed by atoms with Crippen molar-refractivity contribution in [1.29, 1.82) is 0 Å². The lowest BCUT2D eigenvalue weighted by Crippen LogP contribution is -2.41. The Balaban J connectivity index is 1.60. The Hall–Kier alpha value is -4.21. The quantitative estimate of drug-likeness (QED) is 0.492. The van der Waals surface area contributed by atoms with Gasteiger partial charge in [0, 0.05) is 23.5 Å². The topological polar surface area (TPSA) is 88.4 Å². The maximum Gasteiger partial charge on any atom is 0.416 e. The van der Waals surface area contributed by atoms with Gasteiger partial charge >= 0.3 is 6.18 Å². The molecule has 0 aliphatic carbocycles. The van der Waals surface area contributed by atoms with E-state index in [1.807, 2.05) is 6.07 Å². The van der Waals surface area contributed by atoms with E-state index in [1.165, 1.54) is 16.8 Å². The number of nitrogens with one attached hydrogen (secondary N) is 2. The van der Waals surface area contributed by atoms with Crippen LogP contribution in [0.4, 0.5) is 13.2 Å². The molecule has 2 aromatic heterocycles. The number of benzene rings is 2. The predicted octanol–water partition coefficient (Wildman–Crippen LogP) is 3.49. The standard InChI is InChI=1S/C21H14F3N5O2/c22-21(23,24)15-9-4-8-14(12-15)19(30)26-27-20(31)16-17(13-6-2-1-3-7-13)28-29-11-5-10-25-18(16)29/h1-12H,(H,26,30)(H,27,31). The predicted molar refractivity (Wildman–Crippen MR) is 105 cm³/mol. The van der Waals surface area contributed by atoms with Crippen molar-refractivity contribution in [3.8, 4) is 11.3 Å². The van der Waals surface area contributed by atoms with Gasteiger partial charge in [-0.3, -0.25) is 20.4 Å². The molecule has 0 bridgehead atoms. The number of hydrazine groups is 1. The van der Waals surface area contributed by atoms with Crippen LogP contribution in [0.25, 0.3) is 16.9 Å². The Bertz CT molecular complexity index is 1270. The summed E-state index contributed by atoms with van der Waals surface area (Å²) in [5.41, 5.74) is 4.51. The van der Waals surface area contributed by atoms with E-state index >= 15 is 0 Å². The van der Waals surface area contributed by atoms with Crippen LogP contribution >= 0.6 is 0 Å². The van der Waals surface area contributed by atoms with E-state index in [1.54, 1.807) is 36.5 Å². The van der Waals surface area contributed by atoms with Crippen LogP contribution in [0.5, 0.6) is 0 Å². The van der Waals surface area contributed by atoms with Crippen LogP contribution in [0.2, 0.25) is 0 Å². The molecule has 156 valence electrons. The van der Waals surface area contributed by atoms with E-state index in [0.29, 0.717) is 17.3 Å². The van der Waals surface area contributed by atoms with Gasteiger partial charge in [0.25, 0.3) is 11.8 Å². The van der Waals surface area contributed by atoms with Crippen LogP contribution in [-0.2, 0) is 6.18 Å². The minimum absolute atomic E-state index is 0.108. The van der Waals surface area contributed by atoms with Gasteiger partial charge in [-0.2, -0.15) is 18.3 Å². The van der Waals surface area contributed by atoms with Gasteiger partial charge in [-0.25, -0.2) is 9.50 Å². The minimum atomic E-state index is -4.59. The number of nitrogens with zero attached hydrogens (tertiary/aromatic N) is 3. The van der Waals surface area contributed by atoms with E-state index in [2.05, 4.69) is 20.9 Å². The highest BCUT2D eigenvalue weighted by molar-refractivity contribution is 6.06. The summed E-state index contributed by atoms with van der Waals surface area (Å²) in [6.07, 6.45) is -1.48. The average Bonchev–Trinajstić information content (AvgIpc) is 3.17. The van der Waals surface area contributed by atoms with Crippen LogP contribution in [0, 0.1) is 0 Å². The minimum Gasteiger partial charge on any atom is -0.267 e. The zero-order valence-electron chi connectivity index (χ0n) is 15.7. The van der Waals surface area contributed by atoms with Gasteiger partial charge in [-0.05, 0) is 24.3 Å². The molecule has 0 unspecified atom stereocenters. The largest absolute Gasteiger partial charge is 0.416 e. The second-order valence-corrected chi connectivity index (χ2v) is 6.46. The average molecular weight is 425 g/mol. The van der Waals surface area contributed by atoms with E-state index in [0.717, 1.165) is 12.1 Å². The van der Waals surface area contributed by atoms with Crippen LogP contribution in [0.15, 0.2) is 73.1 Å². The molecule has 0 aliphatic heterocycles. The molecule has 2 heterocycles. The first-order valence-corrected chi connectivity index (χ1v) is 9.01. The van der Waals surface area contributed by atoms with Crippen molar-refractivity contribution in [2.45, 2.75) is 6.18 Å². The first-order valence-electron chi connectivity index (χ1n) is 9.01. The molecule has 0 aliphatic rings. The number of alkyl halides is 3. The molecule has 10 heteroatoms. The number of hydrogen-bond acceptors (Lipinski definition) is 4. The smallest absolute Gasteiger partial charge is 0.267 e. The van der Waals surface area contributed by atoms with Gasteiger partial charge in [0.05, 0.1) is 5.56 Å². The van der Waals surface area contributed by atoms with E-state index in [-0.39, 0.29) is 16.8 Å². The fourth-order valence-electron chi connectivity index (χ4n) is 2.98. The summed E-state index contributed by atoms with van der Waals surface area (Å²) in [6, 6.07) is 14.4. The number of carbonyl (C=O) groups excluding carboxylic acids is 2. The van der Waals surface area contributed by atoms with E-state index in [4.69, 9.17) is 0 Å². The summed E-state index contributed by atoms with van der Waals surface area (Å²) < 4.78 is 40.0. The van der Waals surface area contributed by atoms with Crippen molar-refractivity contribution >= 4 is 17.5 Å². The fourth-order valence-corrected chi connectivity index (χ4v) is 2.98. The third kappa shape index (κ3) is 4.08. The number of hydrogen-bond donors (Lipinski definition) is 2. The highest BCUT2D eigenvalue weighted by Gasteiger charge is 2.31. The Morgan fingerprint density at radius 1 is 0.903 bits per heavy atom. The van der Waals surface area contributed by atoms with Gasteiger partial charge in [0.15, 0.2) is 5.65 Å². The van der Waals surface area contributed by atoms with Gasteiger partial charge in [-0.1, -0.05) is 36.4 Å². The normalized spacial score (nSPS) is 11.3. The third-order valence-electron chi connectivity index (χ3n) is 4.41. The monoisotopic (exact) mass is 425 g/mol. The van der Waals surface area contributed by atoms with Crippen LogP contribution in [-0.4, -0.2) is 26.4 Å². The molecule has 0 saturated carbocycles. The summed E-state index contributed by atoms with van der Waals surface area (Å²) in [4.78, 5) is 29.3. The zero-order chi connectivity index (χ0) is 22.0. The lowest BCUT2D eigenvalue weighted by atomic mass is 10.1. The molecule has 0 radical (unpaired) electrons. The Kier molecular flexibility index (Phi) is 5.12. The summed E-state index contributed by atoms with van der Waals surface area (Å²) in [5, 5.41) is 4.38. The van der Waals surface area contributed by atoms with Crippen molar-refractivity contribution in [1.82, 2.24) is 25.4 Å². The number of carbonyl (C=O) groups is 2. The summed E-state index contributed by atoms with van der Waals surface area (Å²) in [5.74, 6) is -1.61. The molecule has 7 nitrogen and oxygen atoms in total. The molecule has 31 heavy (non-hydrogen) atoms. The lowest BCUT2D eigenvalue weighted by Gasteiger charge is -2.10. The van der Waals surface area contributed by atoms with Gasteiger partial charge in [0.2, 0.25) is 0 Å². The first kappa shape index (κ1) is 20.1. The number of rotatable bonds is 3. The molecule has 0 fully saturated rings. The molecule has 2 amide bonds. The van der Waals surface area contributed by atoms with Crippen molar-refractivity contribution < 1.29 is 22.8 Å². The maximum atomic E-state index is 12.9.